The van der Waals surface area contributed by atoms with Gasteiger partial charge < -0.3 is 9.57 Å². The number of nitrogens with zero attached hydrogens (tertiary/aromatic N) is 2. The molecule has 0 heterocycles. The minimum Gasteiger partial charge on any atom is -0.497 e. The van der Waals surface area contributed by atoms with Crippen molar-refractivity contribution >= 4 is 6.21 Å². The number of nitriles is 1. The summed E-state index contributed by atoms with van der Waals surface area (Å²) in [6, 6.07) is 7.00. The Morgan fingerprint density at radius 3 is 2.93 bits per heavy atom. The van der Waals surface area contributed by atoms with E-state index in [4.69, 9.17) is 14.8 Å². The van der Waals surface area contributed by atoms with E-state index in [-0.39, 0.29) is 0 Å². The largest absolute Gasteiger partial charge is 0.497 e. The van der Waals surface area contributed by atoms with Crippen molar-refractivity contribution in [3.63, 3.8) is 0 Å². The number of ether oxygens (including phenoxy) is 1. The number of methoxy groups -OCH3 is 1. The molecule has 4 nitrogen and oxygen atoms in total. The molecule has 0 bridgehead atoms. The second kappa shape index (κ2) is 5.66. The van der Waals surface area contributed by atoms with Gasteiger partial charge in [0.2, 0.25) is 0 Å². The number of hydrogen-bond donors (Lipinski definition) is 0. The van der Waals surface area contributed by atoms with E-state index in [1.54, 1.807) is 31.5 Å². The first-order valence-electron chi connectivity index (χ1n) is 4.58. The predicted molar refractivity (Wildman–Crippen MR) is 57.1 cm³/mol. The number of rotatable bonds is 4. The molecule has 0 aliphatic carbocycles. The van der Waals surface area contributed by atoms with E-state index < -0.39 is 0 Å². The van der Waals surface area contributed by atoms with E-state index in [9.17, 15) is 0 Å². The Morgan fingerprint density at radius 2 is 2.33 bits per heavy atom. The van der Waals surface area contributed by atoms with Crippen molar-refractivity contribution in [1.82, 2.24) is 0 Å². The van der Waals surface area contributed by atoms with Crippen molar-refractivity contribution < 1.29 is 9.57 Å². The SMILES string of the molecule is CCC=NOc1ccc(OC)cc1C#N. The molecular formula is C11H12N2O2. The first-order valence-corrected chi connectivity index (χ1v) is 4.58. The van der Waals surface area contributed by atoms with E-state index in [1.807, 2.05) is 13.0 Å². The maximum atomic E-state index is 8.86. The van der Waals surface area contributed by atoms with Crippen molar-refractivity contribution in [2.45, 2.75) is 13.3 Å². The predicted octanol–water partition coefficient (Wildman–Crippen LogP) is 2.34. The average molecular weight is 204 g/mol. The second-order valence-corrected chi connectivity index (χ2v) is 2.76. The lowest BCUT2D eigenvalue weighted by molar-refractivity contribution is 0.340. The maximum absolute atomic E-state index is 8.86. The van der Waals surface area contributed by atoms with Gasteiger partial charge in [-0.2, -0.15) is 5.26 Å². The van der Waals surface area contributed by atoms with Crippen molar-refractivity contribution in [3.05, 3.63) is 23.8 Å². The molecule has 1 rings (SSSR count). The second-order valence-electron chi connectivity index (χ2n) is 2.76. The van der Waals surface area contributed by atoms with Gasteiger partial charge in [0.25, 0.3) is 0 Å². The lowest BCUT2D eigenvalue weighted by Crippen LogP contribution is -1.90. The quantitative estimate of drug-likeness (QED) is 0.558. The topological polar surface area (TPSA) is 54.6 Å². The summed E-state index contributed by atoms with van der Waals surface area (Å²) in [5.41, 5.74) is 0.405. The van der Waals surface area contributed by atoms with Crippen LogP contribution in [0.1, 0.15) is 18.9 Å². The third-order valence-electron chi connectivity index (χ3n) is 1.72. The third kappa shape index (κ3) is 2.99. The highest BCUT2D eigenvalue weighted by molar-refractivity contribution is 5.56. The zero-order valence-corrected chi connectivity index (χ0v) is 8.73. The first kappa shape index (κ1) is 11.1. The molecule has 0 radical (unpaired) electrons. The summed E-state index contributed by atoms with van der Waals surface area (Å²) >= 11 is 0. The molecular weight excluding hydrogens is 192 g/mol. The number of benzene rings is 1. The minimum atomic E-state index is 0.405. The zero-order chi connectivity index (χ0) is 11.1. The van der Waals surface area contributed by atoms with Crippen LogP contribution in [0.2, 0.25) is 0 Å². The summed E-state index contributed by atoms with van der Waals surface area (Å²) in [5, 5.41) is 12.6. The number of oxime groups is 1. The molecule has 4 heteroatoms. The smallest absolute Gasteiger partial charge is 0.175 e. The fraction of sp³-hybridized carbons (Fsp3) is 0.273. The van der Waals surface area contributed by atoms with Gasteiger partial charge in [-0.05, 0) is 18.6 Å². The highest BCUT2D eigenvalue weighted by Crippen LogP contribution is 2.23. The first-order chi connectivity index (χ1) is 7.31. The van der Waals surface area contributed by atoms with Crippen molar-refractivity contribution in [2.24, 2.45) is 5.16 Å². The van der Waals surface area contributed by atoms with Gasteiger partial charge in [-0.25, -0.2) is 0 Å². The fourth-order valence-electron chi connectivity index (χ4n) is 0.972. The van der Waals surface area contributed by atoms with Gasteiger partial charge >= 0.3 is 0 Å². The van der Waals surface area contributed by atoms with Crippen LogP contribution in [-0.2, 0) is 0 Å². The van der Waals surface area contributed by atoms with Crippen LogP contribution in [0, 0.1) is 11.3 Å². The van der Waals surface area contributed by atoms with Crippen LogP contribution in [0.5, 0.6) is 11.5 Å². The molecule has 0 atom stereocenters. The van der Waals surface area contributed by atoms with Crippen molar-refractivity contribution in [3.8, 4) is 17.6 Å². The molecule has 0 saturated carbocycles. The Balaban J connectivity index is 2.89. The molecule has 0 spiro atoms. The Labute approximate surface area is 88.7 Å². The van der Waals surface area contributed by atoms with Gasteiger partial charge in [0.05, 0.1) is 7.11 Å². The highest BCUT2D eigenvalue weighted by atomic mass is 16.6. The fourth-order valence-corrected chi connectivity index (χ4v) is 0.972. The van der Waals surface area contributed by atoms with Gasteiger partial charge in [0.1, 0.15) is 17.4 Å². The van der Waals surface area contributed by atoms with Crippen LogP contribution in [-0.4, -0.2) is 13.3 Å². The lowest BCUT2D eigenvalue weighted by atomic mass is 10.2. The normalized spacial score (nSPS) is 9.93. The molecule has 0 aliphatic heterocycles. The molecule has 1 aromatic rings. The minimum absolute atomic E-state index is 0.405. The van der Waals surface area contributed by atoms with E-state index in [1.165, 1.54) is 0 Å². The summed E-state index contributed by atoms with van der Waals surface area (Å²) in [6.07, 6.45) is 2.42. The molecule has 0 fully saturated rings. The molecule has 78 valence electrons. The summed E-state index contributed by atoms with van der Waals surface area (Å²) in [7, 11) is 1.55. The van der Waals surface area contributed by atoms with Gasteiger partial charge in [0.15, 0.2) is 5.75 Å². The van der Waals surface area contributed by atoms with Crippen molar-refractivity contribution in [2.75, 3.05) is 7.11 Å². The molecule has 0 aromatic heterocycles. The molecule has 0 amide bonds. The molecule has 0 saturated heterocycles. The average Bonchev–Trinajstić information content (AvgIpc) is 2.29. The Morgan fingerprint density at radius 1 is 1.53 bits per heavy atom. The Kier molecular flexibility index (Phi) is 4.17. The molecule has 0 N–H and O–H groups in total. The van der Waals surface area contributed by atoms with Gasteiger partial charge in [-0.3, -0.25) is 0 Å². The van der Waals surface area contributed by atoms with Gasteiger partial charge in [-0.1, -0.05) is 12.1 Å². The summed E-state index contributed by atoms with van der Waals surface area (Å²) < 4.78 is 4.99. The standard InChI is InChI=1S/C11H12N2O2/c1-3-6-13-15-11-5-4-10(14-2)7-9(11)8-12/h4-7H,3H2,1-2H3. The van der Waals surface area contributed by atoms with Crippen LogP contribution in [0.4, 0.5) is 0 Å². The molecule has 0 aliphatic rings. The molecule has 15 heavy (non-hydrogen) atoms. The summed E-state index contributed by atoms with van der Waals surface area (Å²) in [6.45, 7) is 1.95. The highest BCUT2D eigenvalue weighted by Gasteiger charge is 2.04. The van der Waals surface area contributed by atoms with Crippen LogP contribution in [0.15, 0.2) is 23.4 Å². The summed E-state index contributed by atoms with van der Waals surface area (Å²) in [5.74, 6) is 1.06. The van der Waals surface area contributed by atoms with E-state index in [0.29, 0.717) is 17.1 Å². The van der Waals surface area contributed by atoms with Crippen LogP contribution in [0.25, 0.3) is 0 Å². The lowest BCUT2D eigenvalue weighted by Gasteiger charge is -2.03. The third-order valence-corrected chi connectivity index (χ3v) is 1.72. The van der Waals surface area contributed by atoms with Crippen molar-refractivity contribution in [1.29, 1.82) is 5.26 Å². The molecule has 0 unspecified atom stereocenters. The van der Waals surface area contributed by atoms with Crippen LogP contribution in [0.3, 0.4) is 0 Å². The van der Waals surface area contributed by atoms with E-state index in [2.05, 4.69) is 5.16 Å². The van der Waals surface area contributed by atoms with Gasteiger partial charge in [-0.15, -0.1) is 0 Å². The summed E-state index contributed by atoms with van der Waals surface area (Å²) in [4.78, 5) is 5.06. The monoisotopic (exact) mass is 204 g/mol. The van der Waals surface area contributed by atoms with E-state index in [0.717, 1.165) is 6.42 Å². The van der Waals surface area contributed by atoms with E-state index >= 15 is 0 Å². The van der Waals surface area contributed by atoms with Crippen LogP contribution >= 0.6 is 0 Å². The Bertz CT molecular complexity index is 394. The number of hydrogen-bond acceptors (Lipinski definition) is 4. The van der Waals surface area contributed by atoms with Crippen LogP contribution < -0.4 is 9.57 Å². The Hall–Kier alpha value is -2.02. The zero-order valence-electron chi connectivity index (χ0n) is 8.73. The molecule has 1 aromatic carbocycles. The maximum Gasteiger partial charge on any atom is 0.175 e. The van der Waals surface area contributed by atoms with Gasteiger partial charge in [0, 0.05) is 12.3 Å².